The van der Waals surface area contributed by atoms with Gasteiger partial charge in [-0.15, -0.1) is 0 Å². The number of nitrogens with zero attached hydrogens (tertiary/aromatic N) is 1. The largest absolute Gasteiger partial charge is 0.383 e. The zero-order valence-corrected chi connectivity index (χ0v) is 8.14. The summed E-state index contributed by atoms with van der Waals surface area (Å²) in [6.45, 7) is 3.41. The lowest BCUT2D eigenvalue weighted by Crippen LogP contribution is -2.17. The molecule has 4 N–H and O–H groups in total. The Balaban J connectivity index is 3.53. The van der Waals surface area contributed by atoms with Crippen LogP contribution in [-0.2, 0) is 0 Å². The van der Waals surface area contributed by atoms with Crippen molar-refractivity contribution in [3.8, 4) is 0 Å². The first-order chi connectivity index (χ1) is 5.95. The molecule has 1 rings (SSSR count). The van der Waals surface area contributed by atoms with E-state index in [9.17, 15) is 4.79 Å². The lowest BCUT2D eigenvalue weighted by molar-refractivity contribution is 0.100. The SMILES string of the molecule is Cc1nc(N)c(C(N)=O)c(C)c1Cl. The smallest absolute Gasteiger partial charge is 0.252 e. The van der Waals surface area contributed by atoms with Gasteiger partial charge in [0, 0.05) is 0 Å². The van der Waals surface area contributed by atoms with Crippen molar-refractivity contribution in [2.24, 2.45) is 5.73 Å². The number of nitrogens with two attached hydrogens (primary N) is 2. The summed E-state index contributed by atoms with van der Waals surface area (Å²) in [5.41, 5.74) is 12.0. The summed E-state index contributed by atoms with van der Waals surface area (Å²) in [5.74, 6) is -0.476. The molecule has 4 nitrogen and oxygen atoms in total. The Hall–Kier alpha value is -1.29. The fourth-order valence-corrected chi connectivity index (χ4v) is 1.31. The van der Waals surface area contributed by atoms with E-state index < -0.39 is 5.91 Å². The van der Waals surface area contributed by atoms with Crippen LogP contribution < -0.4 is 11.5 Å². The second-order valence-corrected chi connectivity index (χ2v) is 3.14. The number of amides is 1. The second-order valence-electron chi connectivity index (χ2n) is 2.76. The van der Waals surface area contributed by atoms with Crippen LogP contribution in [0.3, 0.4) is 0 Å². The number of aromatic nitrogens is 1. The van der Waals surface area contributed by atoms with E-state index in [0.29, 0.717) is 16.3 Å². The van der Waals surface area contributed by atoms with E-state index in [-0.39, 0.29) is 11.4 Å². The third-order valence-corrected chi connectivity index (χ3v) is 2.37. The second kappa shape index (κ2) is 3.22. The van der Waals surface area contributed by atoms with Gasteiger partial charge in [0.2, 0.25) is 0 Å². The van der Waals surface area contributed by atoms with Gasteiger partial charge in [-0.1, -0.05) is 11.6 Å². The van der Waals surface area contributed by atoms with Gasteiger partial charge < -0.3 is 11.5 Å². The molecule has 0 spiro atoms. The van der Waals surface area contributed by atoms with Gasteiger partial charge >= 0.3 is 0 Å². The Labute approximate surface area is 80.9 Å². The van der Waals surface area contributed by atoms with Crippen molar-refractivity contribution in [1.29, 1.82) is 0 Å². The molecule has 0 saturated carbocycles. The van der Waals surface area contributed by atoms with Crippen LogP contribution in [-0.4, -0.2) is 10.9 Å². The zero-order valence-electron chi connectivity index (χ0n) is 7.39. The van der Waals surface area contributed by atoms with Crippen LogP contribution in [0.5, 0.6) is 0 Å². The van der Waals surface area contributed by atoms with E-state index >= 15 is 0 Å². The first-order valence-corrected chi connectivity index (χ1v) is 4.05. The summed E-state index contributed by atoms with van der Waals surface area (Å²) in [4.78, 5) is 14.8. The van der Waals surface area contributed by atoms with Crippen LogP contribution >= 0.6 is 11.6 Å². The monoisotopic (exact) mass is 199 g/mol. The predicted octanol–water partition coefficient (Wildman–Crippen LogP) is 1.03. The number of pyridine rings is 1. The molecule has 13 heavy (non-hydrogen) atoms. The summed E-state index contributed by atoms with van der Waals surface area (Å²) < 4.78 is 0. The lowest BCUT2D eigenvalue weighted by atomic mass is 10.1. The average Bonchev–Trinajstić information content (AvgIpc) is 1.99. The van der Waals surface area contributed by atoms with E-state index in [4.69, 9.17) is 23.1 Å². The number of carbonyl (C=O) groups excluding carboxylic acids is 1. The highest BCUT2D eigenvalue weighted by Gasteiger charge is 2.15. The third-order valence-electron chi connectivity index (χ3n) is 1.81. The molecule has 0 saturated heterocycles. The Morgan fingerprint density at radius 1 is 1.46 bits per heavy atom. The Morgan fingerprint density at radius 3 is 2.46 bits per heavy atom. The molecular formula is C8H10ClN3O. The van der Waals surface area contributed by atoms with Crippen LogP contribution in [0.2, 0.25) is 5.02 Å². The predicted molar refractivity (Wildman–Crippen MR) is 51.7 cm³/mol. The Morgan fingerprint density at radius 2 is 2.00 bits per heavy atom. The van der Waals surface area contributed by atoms with Gasteiger partial charge in [0.1, 0.15) is 5.82 Å². The molecule has 1 heterocycles. The molecule has 0 atom stereocenters. The average molecular weight is 200 g/mol. The summed E-state index contributed by atoms with van der Waals surface area (Å²) >= 11 is 5.87. The van der Waals surface area contributed by atoms with Gasteiger partial charge in [0.15, 0.2) is 0 Å². The number of aryl methyl sites for hydroxylation is 1. The summed E-state index contributed by atoms with van der Waals surface area (Å²) in [5, 5.41) is 0.433. The number of hydrogen-bond donors (Lipinski definition) is 2. The van der Waals surface area contributed by atoms with Crippen LogP contribution in [0.15, 0.2) is 0 Å². The first-order valence-electron chi connectivity index (χ1n) is 3.67. The van der Waals surface area contributed by atoms with Gasteiger partial charge in [-0.05, 0) is 19.4 Å². The third kappa shape index (κ3) is 1.58. The maximum atomic E-state index is 10.9. The van der Waals surface area contributed by atoms with E-state index in [1.54, 1.807) is 13.8 Å². The Bertz CT molecular complexity index is 376. The molecule has 0 aliphatic heterocycles. The summed E-state index contributed by atoms with van der Waals surface area (Å²) in [7, 11) is 0. The van der Waals surface area contributed by atoms with Gasteiger partial charge in [0.25, 0.3) is 5.91 Å². The standard InChI is InChI=1S/C8H10ClN3O/c1-3-5(8(11)13)7(10)12-4(2)6(3)9/h1-2H3,(H2,10,12)(H2,11,13). The molecule has 0 aromatic carbocycles. The van der Waals surface area contributed by atoms with Crippen LogP contribution in [0.1, 0.15) is 21.6 Å². The van der Waals surface area contributed by atoms with Crippen LogP contribution in [0, 0.1) is 13.8 Å². The zero-order chi connectivity index (χ0) is 10.2. The molecule has 70 valence electrons. The molecular weight excluding hydrogens is 190 g/mol. The number of carbonyl (C=O) groups is 1. The molecule has 0 aliphatic carbocycles. The van der Waals surface area contributed by atoms with E-state index in [2.05, 4.69) is 4.98 Å². The molecule has 1 amide bonds. The van der Waals surface area contributed by atoms with Gasteiger partial charge in [-0.25, -0.2) is 4.98 Å². The van der Waals surface area contributed by atoms with Gasteiger partial charge in [-0.2, -0.15) is 0 Å². The van der Waals surface area contributed by atoms with Gasteiger partial charge in [0.05, 0.1) is 16.3 Å². The van der Waals surface area contributed by atoms with Crippen molar-refractivity contribution in [2.45, 2.75) is 13.8 Å². The topological polar surface area (TPSA) is 82.0 Å². The maximum absolute atomic E-state index is 10.9. The van der Waals surface area contributed by atoms with Gasteiger partial charge in [-0.3, -0.25) is 4.79 Å². The minimum absolute atomic E-state index is 0.131. The van der Waals surface area contributed by atoms with Crippen molar-refractivity contribution in [1.82, 2.24) is 4.98 Å². The summed E-state index contributed by atoms with van der Waals surface area (Å²) in [6, 6.07) is 0. The Kier molecular flexibility index (Phi) is 2.43. The normalized spacial score (nSPS) is 10.1. The van der Waals surface area contributed by atoms with Crippen molar-refractivity contribution in [2.75, 3.05) is 5.73 Å². The maximum Gasteiger partial charge on any atom is 0.252 e. The molecule has 0 unspecified atom stereocenters. The number of primary amides is 1. The van der Waals surface area contributed by atoms with Crippen LogP contribution in [0.25, 0.3) is 0 Å². The number of hydrogen-bond acceptors (Lipinski definition) is 3. The molecule has 0 bridgehead atoms. The highest BCUT2D eigenvalue weighted by molar-refractivity contribution is 6.32. The van der Waals surface area contributed by atoms with Crippen molar-refractivity contribution < 1.29 is 4.79 Å². The fourth-order valence-electron chi connectivity index (χ4n) is 1.17. The number of nitrogen functional groups attached to an aromatic ring is 1. The molecule has 0 radical (unpaired) electrons. The molecule has 1 aromatic heterocycles. The highest BCUT2D eigenvalue weighted by Crippen LogP contribution is 2.24. The lowest BCUT2D eigenvalue weighted by Gasteiger charge is -2.08. The van der Waals surface area contributed by atoms with Crippen molar-refractivity contribution in [3.63, 3.8) is 0 Å². The first kappa shape index (κ1) is 9.80. The summed E-state index contributed by atoms with van der Waals surface area (Å²) in [6.07, 6.45) is 0. The van der Waals surface area contributed by atoms with E-state index in [1.165, 1.54) is 0 Å². The van der Waals surface area contributed by atoms with Crippen LogP contribution in [0.4, 0.5) is 5.82 Å². The highest BCUT2D eigenvalue weighted by atomic mass is 35.5. The minimum Gasteiger partial charge on any atom is -0.383 e. The number of rotatable bonds is 1. The minimum atomic E-state index is -0.607. The van der Waals surface area contributed by atoms with E-state index in [0.717, 1.165) is 0 Å². The quantitative estimate of drug-likeness (QED) is 0.709. The fraction of sp³-hybridized carbons (Fsp3) is 0.250. The number of halogens is 1. The molecule has 0 fully saturated rings. The van der Waals surface area contributed by atoms with E-state index in [1.807, 2.05) is 0 Å². The van der Waals surface area contributed by atoms with Crippen molar-refractivity contribution >= 4 is 23.3 Å². The van der Waals surface area contributed by atoms with Crippen molar-refractivity contribution in [3.05, 3.63) is 21.8 Å². The molecule has 5 heteroatoms. The number of anilines is 1. The molecule has 1 aromatic rings. The molecule has 0 aliphatic rings.